The summed E-state index contributed by atoms with van der Waals surface area (Å²) in [4.78, 5) is 42.0. The summed E-state index contributed by atoms with van der Waals surface area (Å²) in [7, 11) is 2.76. The Bertz CT molecular complexity index is 1210. The molecule has 0 radical (unpaired) electrons. The van der Waals surface area contributed by atoms with Crippen LogP contribution in [0, 0.1) is 0 Å². The van der Waals surface area contributed by atoms with E-state index in [0.29, 0.717) is 0 Å². The van der Waals surface area contributed by atoms with Crippen LogP contribution in [0.25, 0.3) is 6.08 Å². The predicted molar refractivity (Wildman–Crippen MR) is 123 cm³/mol. The first kappa shape index (κ1) is 20.0. The number of hydrogen-bond acceptors (Lipinski definition) is 5. The summed E-state index contributed by atoms with van der Waals surface area (Å²) in [6.07, 6.45) is 1.58. The molecule has 4 amide bonds. The predicted octanol–water partition coefficient (Wildman–Crippen LogP) is 2.62. The van der Waals surface area contributed by atoms with Gasteiger partial charge in [-0.15, -0.1) is 0 Å². The van der Waals surface area contributed by atoms with Crippen LogP contribution in [0.15, 0.2) is 66.2 Å². The Kier molecular flexibility index (Phi) is 4.94. The van der Waals surface area contributed by atoms with Crippen molar-refractivity contribution in [1.82, 2.24) is 9.80 Å². The van der Waals surface area contributed by atoms with Gasteiger partial charge >= 0.3 is 194 Å². The molecule has 3 aromatic rings. The van der Waals surface area contributed by atoms with Gasteiger partial charge in [0.15, 0.2) is 0 Å². The van der Waals surface area contributed by atoms with Gasteiger partial charge in [-0.1, -0.05) is 0 Å². The van der Waals surface area contributed by atoms with Crippen molar-refractivity contribution >= 4 is 79.8 Å². The van der Waals surface area contributed by atoms with Gasteiger partial charge < -0.3 is 0 Å². The number of nitrogens with zero attached hydrogens (tertiary/aromatic N) is 3. The van der Waals surface area contributed by atoms with E-state index in [1.807, 2.05) is 24.3 Å². The van der Waals surface area contributed by atoms with Gasteiger partial charge in [0.1, 0.15) is 0 Å². The second-order valence-corrected chi connectivity index (χ2v) is 11.3. The van der Waals surface area contributed by atoms with Crippen LogP contribution in [0.1, 0.15) is 4.88 Å². The van der Waals surface area contributed by atoms with Crippen LogP contribution in [-0.2, 0) is 9.59 Å². The third-order valence-corrected chi connectivity index (χ3v) is 9.44. The standard InChI is InChI=1S/C23H17N3O3STe/c1-24-21(27)15(22(28)25(2)23(24)29)13-14-11-12-20(30-14)26-16-7-3-5-9-18(16)31-19-10-6-4-8-17(19)26/h3-13H,1-2H3. The number of para-hydroxylation sites is 2. The van der Waals surface area contributed by atoms with E-state index >= 15 is 0 Å². The topological polar surface area (TPSA) is 60.9 Å². The van der Waals surface area contributed by atoms with E-state index in [-0.39, 0.29) is 5.57 Å². The van der Waals surface area contributed by atoms with Crippen LogP contribution in [0.3, 0.4) is 0 Å². The van der Waals surface area contributed by atoms with Gasteiger partial charge in [-0.3, -0.25) is 0 Å². The van der Waals surface area contributed by atoms with E-state index < -0.39 is 38.8 Å². The van der Waals surface area contributed by atoms with Crippen molar-refractivity contribution in [3.05, 3.63) is 71.1 Å². The molecular weight excluding hydrogens is 526 g/mol. The number of benzene rings is 2. The molecule has 6 nitrogen and oxygen atoms in total. The van der Waals surface area contributed by atoms with Gasteiger partial charge in [-0.05, 0) is 0 Å². The molecule has 1 fully saturated rings. The monoisotopic (exact) mass is 545 g/mol. The molecule has 0 atom stereocenters. The minimum absolute atomic E-state index is 0.00984. The van der Waals surface area contributed by atoms with Gasteiger partial charge in [0, 0.05) is 0 Å². The first-order valence-electron chi connectivity index (χ1n) is 9.53. The molecule has 0 unspecified atom stereocenters. The third kappa shape index (κ3) is 3.28. The molecule has 0 bridgehead atoms. The molecule has 0 aliphatic carbocycles. The molecule has 154 valence electrons. The number of amides is 4. The van der Waals surface area contributed by atoms with Crippen LogP contribution in [0.4, 0.5) is 21.2 Å². The van der Waals surface area contributed by atoms with Crippen molar-refractivity contribution in [3.63, 3.8) is 0 Å². The molecule has 2 aliphatic rings. The number of thiophene rings is 1. The Labute approximate surface area is 193 Å². The number of urea groups is 1. The van der Waals surface area contributed by atoms with E-state index in [1.54, 1.807) is 6.08 Å². The molecule has 3 heterocycles. The third-order valence-electron chi connectivity index (χ3n) is 5.20. The molecular formula is C23H17N3O3STe. The van der Waals surface area contributed by atoms with Gasteiger partial charge in [0.05, 0.1) is 0 Å². The van der Waals surface area contributed by atoms with Crippen molar-refractivity contribution < 1.29 is 14.4 Å². The van der Waals surface area contributed by atoms with Crippen LogP contribution in [-0.4, -0.2) is 62.7 Å². The van der Waals surface area contributed by atoms with Crippen molar-refractivity contribution in [2.45, 2.75) is 0 Å². The average Bonchev–Trinajstić information content (AvgIpc) is 3.25. The van der Waals surface area contributed by atoms with Crippen LogP contribution in [0.2, 0.25) is 0 Å². The fraction of sp³-hybridized carbons (Fsp3) is 0.0870. The SMILES string of the molecule is CN1C(=O)C(=Cc2ccc(N3c4ccccc4[Te]c4ccccc43)s2)C(=O)N(C)C1=O. The van der Waals surface area contributed by atoms with Gasteiger partial charge in [0.2, 0.25) is 0 Å². The second kappa shape index (κ2) is 7.65. The van der Waals surface area contributed by atoms with E-state index in [1.165, 1.54) is 44.0 Å². The number of barbiturate groups is 1. The number of carbonyl (C=O) groups excluding carboxylic acids is 3. The summed E-state index contributed by atoms with van der Waals surface area (Å²) in [5.74, 6) is -1.16. The molecule has 0 saturated carbocycles. The zero-order valence-electron chi connectivity index (χ0n) is 16.7. The van der Waals surface area contributed by atoms with E-state index in [4.69, 9.17) is 0 Å². The minimum atomic E-state index is -0.621. The summed E-state index contributed by atoms with van der Waals surface area (Å²) >= 11 is 1.04. The molecule has 8 heteroatoms. The Morgan fingerprint density at radius 2 is 1.32 bits per heavy atom. The number of hydrogen-bond donors (Lipinski definition) is 0. The molecule has 5 rings (SSSR count). The van der Waals surface area contributed by atoms with Crippen molar-refractivity contribution in [2.24, 2.45) is 0 Å². The number of fused-ring (bicyclic) bond motifs is 2. The Morgan fingerprint density at radius 1 is 0.774 bits per heavy atom. The number of likely N-dealkylation sites (N-methyl/N-ethyl adjacent to an activating group) is 2. The van der Waals surface area contributed by atoms with Crippen LogP contribution in [0.5, 0.6) is 0 Å². The summed E-state index contributed by atoms with van der Waals surface area (Å²) in [5, 5.41) is 1.01. The quantitative estimate of drug-likeness (QED) is 0.222. The van der Waals surface area contributed by atoms with Crippen LogP contribution < -0.4 is 12.1 Å². The summed E-state index contributed by atoms with van der Waals surface area (Å²) in [6, 6.07) is 20.2. The molecule has 2 aliphatic heterocycles. The fourth-order valence-corrected chi connectivity index (χ4v) is 7.60. The molecule has 0 spiro atoms. The molecule has 0 N–H and O–H groups in total. The molecule has 2 aromatic carbocycles. The van der Waals surface area contributed by atoms with Crippen molar-refractivity contribution in [1.29, 1.82) is 0 Å². The Hall–Kier alpha value is -2.92. The average molecular weight is 543 g/mol. The van der Waals surface area contributed by atoms with Gasteiger partial charge in [-0.25, -0.2) is 0 Å². The maximum absolute atomic E-state index is 12.5. The van der Waals surface area contributed by atoms with Crippen molar-refractivity contribution in [2.75, 3.05) is 19.0 Å². The van der Waals surface area contributed by atoms with E-state index in [0.717, 1.165) is 19.7 Å². The van der Waals surface area contributed by atoms with Crippen molar-refractivity contribution in [3.8, 4) is 0 Å². The Morgan fingerprint density at radius 3 is 1.90 bits per heavy atom. The van der Waals surface area contributed by atoms with E-state index in [9.17, 15) is 14.4 Å². The number of rotatable bonds is 2. The van der Waals surface area contributed by atoms with Gasteiger partial charge in [0.25, 0.3) is 0 Å². The Balaban J connectivity index is 1.57. The number of carbonyl (C=O) groups is 3. The first-order chi connectivity index (χ1) is 15.0. The first-order valence-corrected chi connectivity index (χ1v) is 12.7. The second-order valence-electron chi connectivity index (χ2n) is 7.12. The number of imide groups is 2. The molecule has 31 heavy (non-hydrogen) atoms. The van der Waals surface area contributed by atoms with Crippen LogP contribution >= 0.6 is 11.3 Å². The number of anilines is 3. The molecule has 1 aromatic heterocycles. The summed E-state index contributed by atoms with van der Waals surface area (Å²) in [6.45, 7) is 0. The molecule has 1 saturated heterocycles. The van der Waals surface area contributed by atoms with E-state index in [2.05, 4.69) is 41.3 Å². The fourth-order valence-electron chi connectivity index (χ4n) is 3.60. The summed E-state index contributed by atoms with van der Waals surface area (Å²) < 4.78 is 2.75. The normalized spacial score (nSPS) is 15.9. The van der Waals surface area contributed by atoms with Gasteiger partial charge in [-0.2, -0.15) is 0 Å². The zero-order valence-corrected chi connectivity index (χ0v) is 19.9. The summed E-state index contributed by atoms with van der Waals surface area (Å²) in [5.41, 5.74) is 2.35. The maximum atomic E-state index is 12.5. The zero-order chi connectivity index (χ0) is 21.7.